The summed E-state index contributed by atoms with van der Waals surface area (Å²) in [4.78, 5) is 0. The molecule has 0 aliphatic rings. The van der Waals surface area contributed by atoms with Crippen LogP contribution in [-0.2, 0) is 26.2 Å². The van der Waals surface area contributed by atoms with E-state index in [1.54, 1.807) is 0 Å². The predicted molar refractivity (Wildman–Crippen MR) is 174 cm³/mol. The summed E-state index contributed by atoms with van der Waals surface area (Å²) in [7, 11) is 0. The van der Waals surface area contributed by atoms with Crippen LogP contribution < -0.4 is 0 Å². The molecule has 41 heavy (non-hydrogen) atoms. The first-order chi connectivity index (χ1) is 19.6. The second-order valence-corrected chi connectivity index (χ2v) is 10.8. The van der Waals surface area contributed by atoms with Gasteiger partial charge in [0.1, 0.15) is 0 Å². The number of aryl methyl sites for hydroxylation is 2. The minimum Gasteiger partial charge on any atom is -0.145 e. The molecule has 0 amide bonds. The zero-order valence-electron chi connectivity index (χ0n) is 23.4. The van der Waals surface area contributed by atoms with Crippen LogP contribution in [-0.4, -0.2) is 0 Å². The van der Waals surface area contributed by atoms with E-state index in [1.807, 2.05) is 0 Å². The summed E-state index contributed by atoms with van der Waals surface area (Å²) < 4.78 is 0. The average molecular weight is 602 g/mol. The minimum absolute atomic E-state index is 0. The van der Waals surface area contributed by atoms with Gasteiger partial charge in [0, 0.05) is 0 Å². The molecule has 0 radical (unpaired) electrons. The Morgan fingerprint density at radius 3 is 1.17 bits per heavy atom. The van der Waals surface area contributed by atoms with Crippen LogP contribution in [0.1, 0.15) is 11.1 Å². The molecule has 8 aromatic rings. The first-order valence-corrected chi connectivity index (χ1v) is 13.9. The summed E-state index contributed by atoms with van der Waals surface area (Å²) in [5.74, 6) is 0. The van der Waals surface area contributed by atoms with Crippen LogP contribution in [0.3, 0.4) is 0 Å². The van der Waals surface area contributed by atoms with Crippen molar-refractivity contribution in [3.05, 3.63) is 157 Å². The molecule has 0 bridgehead atoms. The zero-order chi connectivity index (χ0) is 27.1. The Morgan fingerprint density at radius 2 is 0.756 bits per heavy atom. The Balaban J connectivity index is 0.000000144. The number of fused-ring (bicyclic) bond motifs is 4. The van der Waals surface area contributed by atoms with Gasteiger partial charge >= 0.3 is 26.2 Å². The predicted octanol–water partition coefficient (Wildman–Crippen LogP) is 11.4. The van der Waals surface area contributed by atoms with E-state index >= 15 is 0 Å². The van der Waals surface area contributed by atoms with E-state index in [0.29, 0.717) is 0 Å². The first-order valence-electron chi connectivity index (χ1n) is 13.9. The summed E-state index contributed by atoms with van der Waals surface area (Å²) in [5.41, 5.74) is 7.90. The summed E-state index contributed by atoms with van der Waals surface area (Å²) in [5, 5.41) is 10.5. The largest absolute Gasteiger partial charge is 2.00 e. The molecular formula is C40H30Zr. The molecule has 0 aliphatic heterocycles. The van der Waals surface area contributed by atoms with E-state index in [4.69, 9.17) is 0 Å². The monoisotopic (exact) mass is 600 g/mol. The quantitative estimate of drug-likeness (QED) is 0.173. The van der Waals surface area contributed by atoms with Crippen LogP contribution in [0.2, 0.25) is 0 Å². The van der Waals surface area contributed by atoms with Gasteiger partial charge in [-0.25, -0.2) is 0 Å². The van der Waals surface area contributed by atoms with Crippen molar-refractivity contribution in [1.29, 1.82) is 0 Å². The third kappa shape index (κ3) is 5.35. The molecule has 0 atom stereocenters. The van der Waals surface area contributed by atoms with E-state index in [-0.39, 0.29) is 26.2 Å². The second kappa shape index (κ2) is 11.4. The maximum Gasteiger partial charge on any atom is 2.00 e. The molecule has 0 aromatic heterocycles. The number of hydrogen-bond acceptors (Lipinski definition) is 0. The van der Waals surface area contributed by atoms with Crippen LogP contribution >= 0.6 is 0 Å². The molecule has 0 fully saturated rings. The molecule has 8 rings (SSSR count). The fraction of sp³-hybridized carbons (Fsp3) is 0.0500. The Bertz CT molecular complexity index is 1920. The summed E-state index contributed by atoms with van der Waals surface area (Å²) in [6.07, 6.45) is 0. The fourth-order valence-electron chi connectivity index (χ4n) is 6.01. The first kappa shape index (κ1) is 27.1. The van der Waals surface area contributed by atoms with E-state index in [2.05, 4.69) is 159 Å². The number of benzene rings is 6. The molecule has 8 aromatic carbocycles. The van der Waals surface area contributed by atoms with Gasteiger partial charge in [-0.2, -0.15) is 0 Å². The van der Waals surface area contributed by atoms with Gasteiger partial charge in [0.05, 0.1) is 0 Å². The third-order valence-corrected chi connectivity index (χ3v) is 7.87. The Morgan fingerprint density at radius 1 is 0.390 bits per heavy atom. The summed E-state index contributed by atoms with van der Waals surface area (Å²) in [6, 6.07) is 52.6. The van der Waals surface area contributed by atoms with E-state index in [9.17, 15) is 0 Å². The molecule has 0 nitrogen and oxygen atoms in total. The SMILES string of the molecule is Cc1cc(-c2cc3ccccc3[cH-]2)c2ccccc2c1.Cc1cc(-c2cc3ccccc3[cH-]2)c2ccccc2c1.[Zr+2]. The normalized spacial score (nSPS) is 11.0. The summed E-state index contributed by atoms with van der Waals surface area (Å²) >= 11 is 0. The van der Waals surface area contributed by atoms with Crippen LogP contribution in [0, 0.1) is 13.8 Å². The third-order valence-electron chi connectivity index (χ3n) is 7.87. The van der Waals surface area contributed by atoms with Crippen molar-refractivity contribution in [2.75, 3.05) is 0 Å². The van der Waals surface area contributed by atoms with Crippen LogP contribution in [0.4, 0.5) is 0 Å². The van der Waals surface area contributed by atoms with Crippen molar-refractivity contribution < 1.29 is 26.2 Å². The van der Waals surface area contributed by atoms with Crippen molar-refractivity contribution in [3.63, 3.8) is 0 Å². The second-order valence-electron chi connectivity index (χ2n) is 10.8. The maximum absolute atomic E-state index is 2.29. The number of hydrogen-bond donors (Lipinski definition) is 0. The van der Waals surface area contributed by atoms with Crippen molar-refractivity contribution in [1.82, 2.24) is 0 Å². The van der Waals surface area contributed by atoms with Gasteiger partial charge in [0.25, 0.3) is 0 Å². The molecule has 0 aliphatic carbocycles. The van der Waals surface area contributed by atoms with Crippen LogP contribution in [0.25, 0.3) is 65.3 Å². The molecule has 0 unspecified atom stereocenters. The van der Waals surface area contributed by atoms with Gasteiger partial charge in [0.15, 0.2) is 0 Å². The molecule has 0 N–H and O–H groups in total. The zero-order valence-corrected chi connectivity index (χ0v) is 25.8. The van der Waals surface area contributed by atoms with Crippen LogP contribution in [0.15, 0.2) is 146 Å². The van der Waals surface area contributed by atoms with Gasteiger partial charge in [0.2, 0.25) is 0 Å². The molecule has 0 heterocycles. The fourth-order valence-corrected chi connectivity index (χ4v) is 6.01. The smallest absolute Gasteiger partial charge is 0.145 e. The van der Waals surface area contributed by atoms with Crippen molar-refractivity contribution in [2.24, 2.45) is 0 Å². The van der Waals surface area contributed by atoms with Gasteiger partial charge < -0.3 is 0 Å². The molecule has 194 valence electrons. The maximum atomic E-state index is 2.29. The van der Waals surface area contributed by atoms with Crippen molar-refractivity contribution in [2.45, 2.75) is 13.8 Å². The Hall–Kier alpha value is -4.06. The number of rotatable bonds is 2. The van der Waals surface area contributed by atoms with Gasteiger partial charge in [-0.05, 0) is 35.4 Å². The Labute approximate surface area is 260 Å². The molecule has 0 spiro atoms. The van der Waals surface area contributed by atoms with Crippen molar-refractivity contribution in [3.8, 4) is 22.3 Å². The molecular weight excluding hydrogens is 572 g/mol. The van der Waals surface area contributed by atoms with E-state index in [0.717, 1.165) is 0 Å². The van der Waals surface area contributed by atoms with Crippen molar-refractivity contribution >= 4 is 43.1 Å². The standard InChI is InChI=1S/2C20H15.Zr/c2*1-14-10-17-8-4-5-9-19(17)20(11-14)18-12-15-6-2-3-7-16(15)13-18;/h2*2-13H,1H3;/q2*-1;+2. The van der Waals surface area contributed by atoms with Gasteiger partial charge in [-0.1, -0.05) is 131 Å². The molecule has 1 heteroatoms. The Kier molecular flexibility index (Phi) is 7.57. The van der Waals surface area contributed by atoms with E-state index in [1.165, 1.54) is 76.5 Å². The topological polar surface area (TPSA) is 0 Å². The van der Waals surface area contributed by atoms with Gasteiger partial charge in [-0.15, -0.1) is 69.1 Å². The summed E-state index contributed by atoms with van der Waals surface area (Å²) in [6.45, 7) is 4.33. The van der Waals surface area contributed by atoms with Gasteiger partial charge in [-0.3, -0.25) is 0 Å². The van der Waals surface area contributed by atoms with E-state index < -0.39 is 0 Å². The molecule has 0 saturated carbocycles. The van der Waals surface area contributed by atoms with Crippen LogP contribution in [0.5, 0.6) is 0 Å². The minimum atomic E-state index is 0. The molecule has 0 saturated heterocycles. The average Bonchev–Trinajstić information content (AvgIpc) is 3.61.